The van der Waals surface area contributed by atoms with Crippen molar-refractivity contribution in [2.24, 2.45) is 0 Å². The molecule has 30 heavy (non-hydrogen) atoms. The van der Waals surface area contributed by atoms with Gasteiger partial charge in [-0.25, -0.2) is 9.97 Å². The highest BCUT2D eigenvalue weighted by atomic mass is 32.1. The summed E-state index contributed by atoms with van der Waals surface area (Å²) in [5, 5.41) is 13.7. The van der Waals surface area contributed by atoms with Gasteiger partial charge in [0.2, 0.25) is 11.5 Å². The second-order valence-corrected chi connectivity index (χ2v) is 7.76. The summed E-state index contributed by atoms with van der Waals surface area (Å²) >= 11 is 0.668. The summed E-state index contributed by atoms with van der Waals surface area (Å²) in [6, 6.07) is 8.75. The van der Waals surface area contributed by atoms with E-state index in [0.29, 0.717) is 29.3 Å². The number of aryl methyl sites for hydroxylation is 1. The van der Waals surface area contributed by atoms with Crippen LogP contribution in [0.3, 0.4) is 0 Å². The van der Waals surface area contributed by atoms with Gasteiger partial charge in [0.05, 0.1) is 24.4 Å². The van der Waals surface area contributed by atoms with Crippen LogP contribution in [0.2, 0.25) is 0 Å². The minimum absolute atomic E-state index is 0.341. The Morgan fingerprint density at radius 1 is 1.30 bits per heavy atom. The summed E-state index contributed by atoms with van der Waals surface area (Å²) in [5.41, 5.74) is -1.40. The SMILES string of the molecule is CCC(NC(=O)CC(O)(c1nc(C)cs1)C(F)(F)F)c1ncc(-c2ccccc2)[nH]1. The number of aromatic nitrogens is 3. The minimum Gasteiger partial charge on any atom is -0.374 e. The van der Waals surface area contributed by atoms with Gasteiger partial charge in [-0.1, -0.05) is 37.3 Å². The molecule has 0 saturated carbocycles. The van der Waals surface area contributed by atoms with Gasteiger partial charge in [0.15, 0.2) is 0 Å². The van der Waals surface area contributed by atoms with E-state index in [1.807, 2.05) is 30.3 Å². The van der Waals surface area contributed by atoms with Crippen LogP contribution in [0.4, 0.5) is 13.2 Å². The Kier molecular flexibility index (Phi) is 6.27. The van der Waals surface area contributed by atoms with E-state index in [4.69, 9.17) is 0 Å². The van der Waals surface area contributed by atoms with Crippen molar-refractivity contribution in [3.63, 3.8) is 0 Å². The highest BCUT2D eigenvalue weighted by Gasteiger charge is 2.58. The number of H-pyrrole nitrogens is 1. The Morgan fingerprint density at radius 3 is 2.57 bits per heavy atom. The molecule has 160 valence electrons. The molecule has 2 unspecified atom stereocenters. The monoisotopic (exact) mass is 438 g/mol. The van der Waals surface area contributed by atoms with Crippen LogP contribution in [0.15, 0.2) is 41.9 Å². The van der Waals surface area contributed by atoms with E-state index in [1.165, 1.54) is 12.3 Å². The number of nitrogens with zero attached hydrogens (tertiary/aromatic N) is 2. The van der Waals surface area contributed by atoms with E-state index in [0.717, 1.165) is 11.3 Å². The average Bonchev–Trinajstić information content (AvgIpc) is 3.35. The van der Waals surface area contributed by atoms with Crippen LogP contribution in [0.25, 0.3) is 11.3 Å². The summed E-state index contributed by atoms with van der Waals surface area (Å²) in [4.78, 5) is 23.6. The van der Waals surface area contributed by atoms with Crippen molar-refractivity contribution >= 4 is 17.2 Å². The highest BCUT2D eigenvalue weighted by molar-refractivity contribution is 7.09. The van der Waals surface area contributed by atoms with Crippen LogP contribution in [-0.4, -0.2) is 32.1 Å². The first kappa shape index (κ1) is 22.0. The zero-order valence-electron chi connectivity index (χ0n) is 16.3. The quantitative estimate of drug-likeness (QED) is 0.514. The van der Waals surface area contributed by atoms with E-state index in [1.54, 1.807) is 13.1 Å². The number of thiazole rings is 1. The van der Waals surface area contributed by atoms with Crippen LogP contribution < -0.4 is 5.32 Å². The summed E-state index contributed by atoms with van der Waals surface area (Å²) in [7, 11) is 0. The number of amides is 1. The molecule has 3 aromatic rings. The van der Waals surface area contributed by atoms with Crippen molar-refractivity contribution < 1.29 is 23.1 Å². The Bertz CT molecular complexity index is 1000. The Hall–Kier alpha value is -2.72. The van der Waals surface area contributed by atoms with Crippen LogP contribution >= 0.6 is 11.3 Å². The minimum atomic E-state index is -5.05. The first-order chi connectivity index (χ1) is 14.1. The van der Waals surface area contributed by atoms with Gasteiger partial charge < -0.3 is 15.4 Å². The molecule has 0 bridgehead atoms. The molecule has 2 heterocycles. The van der Waals surface area contributed by atoms with Gasteiger partial charge in [-0.3, -0.25) is 4.79 Å². The van der Waals surface area contributed by atoms with Crippen LogP contribution in [-0.2, 0) is 10.4 Å². The van der Waals surface area contributed by atoms with Crippen molar-refractivity contribution in [3.8, 4) is 11.3 Å². The number of hydrogen-bond donors (Lipinski definition) is 3. The lowest BCUT2D eigenvalue weighted by Gasteiger charge is -2.28. The first-order valence-electron chi connectivity index (χ1n) is 9.25. The van der Waals surface area contributed by atoms with Crippen LogP contribution in [0.5, 0.6) is 0 Å². The molecule has 0 aliphatic rings. The normalized spacial score (nSPS) is 14.9. The predicted octanol–water partition coefficient (Wildman–Crippen LogP) is 4.25. The van der Waals surface area contributed by atoms with Crippen molar-refractivity contribution in [2.75, 3.05) is 0 Å². The number of nitrogens with one attached hydrogen (secondary N) is 2. The van der Waals surface area contributed by atoms with Gasteiger partial charge in [0.25, 0.3) is 0 Å². The lowest BCUT2D eigenvalue weighted by atomic mass is 9.99. The molecule has 6 nitrogen and oxygen atoms in total. The number of aromatic amines is 1. The molecule has 1 amide bonds. The van der Waals surface area contributed by atoms with E-state index >= 15 is 0 Å². The molecule has 3 rings (SSSR count). The third-order valence-electron chi connectivity index (χ3n) is 4.61. The first-order valence-corrected chi connectivity index (χ1v) is 10.1. The van der Waals surface area contributed by atoms with Gasteiger partial charge in [0.1, 0.15) is 10.8 Å². The molecule has 2 aromatic heterocycles. The van der Waals surface area contributed by atoms with Gasteiger partial charge in [-0.2, -0.15) is 13.2 Å². The number of alkyl halides is 3. The van der Waals surface area contributed by atoms with Crippen molar-refractivity contribution in [1.82, 2.24) is 20.3 Å². The fourth-order valence-electron chi connectivity index (χ4n) is 2.96. The Labute approximate surface area is 175 Å². The maximum absolute atomic E-state index is 13.6. The highest BCUT2D eigenvalue weighted by Crippen LogP contribution is 2.42. The molecule has 0 aliphatic heterocycles. The maximum atomic E-state index is 13.6. The Morgan fingerprint density at radius 2 is 2.00 bits per heavy atom. The number of carbonyl (C=O) groups is 1. The Balaban J connectivity index is 1.77. The lowest BCUT2D eigenvalue weighted by molar-refractivity contribution is -0.267. The number of rotatable bonds is 7. The van der Waals surface area contributed by atoms with Crippen molar-refractivity contribution in [2.45, 2.75) is 44.5 Å². The predicted molar refractivity (Wildman–Crippen MR) is 107 cm³/mol. The smallest absolute Gasteiger partial charge is 0.374 e. The summed E-state index contributed by atoms with van der Waals surface area (Å²) in [6.07, 6.45) is -4.24. The third kappa shape index (κ3) is 4.54. The summed E-state index contributed by atoms with van der Waals surface area (Å²) in [6.45, 7) is 3.29. The second-order valence-electron chi connectivity index (χ2n) is 6.91. The topological polar surface area (TPSA) is 90.9 Å². The fourth-order valence-corrected chi connectivity index (χ4v) is 3.88. The molecule has 0 fully saturated rings. The summed E-state index contributed by atoms with van der Waals surface area (Å²) < 4.78 is 40.8. The van der Waals surface area contributed by atoms with Crippen molar-refractivity contribution in [1.29, 1.82) is 0 Å². The maximum Gasteiger partial charge on any atom is 0.424 e. The molecule has 3 N–H and O–H groups in total. The molecule has 10 heteroatoms. The van der Waals surface area contributed by atoms with Gasteiger partial charge >= 0.3 is 6.18 Å². The van der Waals surface area contributed by atoms with Crippen molar-refractivity contribution in [3.05, 3.63) is 58.4 Å². The fraction of sp³-hybridized carbons (Fsp3) is 0.350. The number of benzene rings is 1. The van der Waals surface area contributed by atoms with E-state index in [9.17, 15) is 23.1 Å². The number of imidazole rings is 1. The van der Waals surface area contributed by atoms with E-state index in [-0.39, 0.29) is 0 Å². The second kappa shape index (κ2) is 8.57. The zero-order chi connectivity index (χ0) is 21.9. The average molecular weight is 438 g/mol. The molecule has 0 radical (unpaired) electrons. The molecular weight excluding hydrogens is 417 g/mol. The third-order valence-corrected chi connectivity index (χ3v) is 5.72. The number of carbonyl (C=O) groups excluding carboxylic acids is 1. The van der Waals surface area contributed by atoms with E-state index in [2.05, 4.69) is 20.3 Å². The largest absolute Gasteiger partial charge is 0.424 e. The standard InChI is InChI=1S/C20H21F3N4O2S/c1-3-14(17-24-10-15(27-17)13-7-5-4-6-8-13)26-16(28)9-19(29,20(21,22)23)18-25-12(2)11-30-18/h4-8,10-11,14,29H,3,9H2,1-2H3,(H,24,27)(H,26,28). The molecule has 2 atom stereocenters. The van der Waals surface area contributed by atoms with Gasteiger partial charge in [0, 0.05) is 11.1 Å². The molecule has 1 aromatic carbocycles. The number of halogens is 3. The van der Waals surface area contributed by atoms with E-state index < -0.39 is 35.2 Å². The number of aliphatic hydroxyl groups is 1. The summed E-state index contributed by atoms with van der Waals surface area (Å²) in [5.74, 6) is -0.530. The molecular formula is C20H21F3N4O2S. The van der Waals surface area contributed by atoms with Gasteiger partial charge in [-0.05, 0) is 18.9 Å². The zero-order valence-corrected chi connectivity index (χ0v) is 17.1. The molecule has 0 spiro atoms. The molecule has 0 saturated heterocycles. The molecule has 0 aliphatic carbocycles. The van der Waals surface area contributed by atoms with Gasteiger partial charge in [-0.15, -0.1) is 11.3 Å². The number of hydrogen-bond acceptors (Lipinski definition) is 5. The van der Waals surface area contributed by atoms with Crippen LogP contribution in [0, 0.1) is 6.92 Å². The van der Waals surface area contributed by atoms with Crippen LogP contribution in [0.1, 0.15) is 42.3 Å². The lowest BCUT2D eigenvalue weighted by Crippen LogP contribution is -2.46.